The highest BCUT2D eigenvalue weighted by Gasteiger charge is 2.03. The molecule has 0 radical (unpaired) electrons. The van der Waals surface area contributed by atoms with Crippen LogP contribution in [-0.2, 0) is 6.42 Å². The van der Waals surface area contributed by atoms with E-state index in [1.807, 2.05) is 0 Å². The van der Waals surface area contributed by atoms with Gasteiger partial charge in [-0.3, -0.25) is 0 Å². The number of nitrogens with two attached hydrogens (primary N) is 1. The van der Waals surface area contributed by atoms with Crippen LogP contribution in [0.1, 0.15) is 75.0 Å². The molecule has 0 bridgehead atoms. The van der Waals surface area contributed by atoms with E-state index in [0.29, 0.717) is 0 Å². The third-order valence-corrected chi connectivity index (χ3v) is 4.00. The zero-order valence-corrected chi connectivity index (χ0v) is 13.1. The molecule has 0 aliphatic heterocycles. The van der Waals surface area contributed by atoms with Gasteiger partial charge in [0.05, 0.1) is 0 Å². The maximum Gasteiger partial charge on any atom is 0.0319 e. The Hall–Kier alpha value is -0.980. The van der Waals surface area contributed by atoms with Gasteiger partial charge in [0.1, 0.15) is 0 Å². The topological polar surface area (TPSA) is 26.0 Å². The van der Waals surface area contributed by atoms with Crippen molar-refractivity contribution >= 4 is 5.69 Å². The number of rotatable bonds is 9. The van der Waals surface area contributed by atoms with Crippen LogP contribution in [0.3, 0.4) is 0 Å². The van der Waals surface area contributed by atoms with E-state index in [1.165, 1.54) is 74.5 Å². The SMILES string of the molecule is CCCCCCCCCCc1c(C)cc(N)cc1C. The van der Waals surface area contributed by atoms with E-state index in [1.54, 1.807) is 0 Å². The van der Waals surface area contributed by atoms with Crippen molar-refractivity contribution < 1.29 is 0 Å². The minimum atomic E-state index is 0.898. The Labute approximate surface area is 119 Å². The molecule has 0 unspecified atom stereocenters. The molecular formula is C18H31N. The van der Waals surface area contributed by atoms with E-state index in [2.05, 4.69) is 32.9 Å². The lowest BCUT2D eigenvalue weighted by Crippen LogP contribution is -1.97. The third kappa shape index (κ3) is 6.13. The van der Waals surface area contributed by atoms with Gasteiger partial charge in [0.15, 0.2) is 0 Å². The van der Waals surface area contributed by atoms with Crippen LogP contribution in [0.15, 0.2) is 12.1 Å². The highest BCUT2D eigenvalue weighted by atomic mass is 14.5. The first-order chi connectivity index (χ1) is 9.15. The Balaban J connectivity index is 2.19. The maximum atomic E-state index is 5.86. The monoisotopic (exact) mass is 261 g/mol. The minimum absolute atomic E-state index is 0.898. The molecule has 0 fully saturated rings. The molecule has 0 saturated heterocycles. The molecule has 0 saturated carbocycles. The Morgan fingerprint density at radius 2 is 1.26 bits per heavy atom. The van der Waals surface area contributed by atoms with E-state index in [4.69, 9.17) is 5.73 Å². The zero-order chi connectivity index (χ0) is 14.1. The number of anilines is 1. The average molecular weight is 261 g/mol. The molecule has 0 heterocycles. The van der Waals surface area contributed by atoms with Crippen LogP contribution in [0, 0.1) is 13.8 Å². The van der Waals surface area contributed by atoms with E-state index in [0.717, 1.165) is 5.69 Å². The standard InChI is InChI=1S/C18H31N/c1-4-5-6-7-8-9-10-11-12-18-15(2)13-17(19)14-16(18)3/h13-14H,4-12,19H2,1-3H3. The average Bonchev–Trinajstić information content (AvgIpc) is 2.35. The molecule has 0 amide bonds. The molecule has 0 aliphatic carbocycles. The summed E-state index contributed by atoms with van der Waals surface area (Å²) in [5.41, 5.74) is 11.0. The fourth-order valence-electron chi connectivity index (χ4n) is 2.86. The second-order valence-corrected chi connectivity index (χ2v) is 5.86. The van der Waals surface area contributed by atoms with Crippen molar-refractivity contribution in [3.8, 4) is 0 Å². The Kier molecular flexibility index (Phi) is 7.62. The Morgan fingerprint density at radius 1 is 0.789 bits per heavy atom. The molecule has 1 aromatic carbocycles. The first kappa shape index (κ1) is 16.1. The smallest absolute Gasteiger partial charge is 0.0319 e. The number of aryl methyl sites for hydroxylation is 2. The molecule has 1 aromatic rings. The molecule has 0 spiro atoms. The lowest BCUT2D eigenvalue weighted by Gasteiger charge is -2.11. The van der Waals surface area contributed by atoms with Crippen molar-refractivity contribution in [3.05, 3.63) is 28.8 Å². The Morgan fingerprint density at radius 3 is 1.79 bits per heavy atom. The number of hydrogen-bond acceptors (Lipinski definition) is 1. The third-order valence-electron chi connectivity index (χ3n) is 4.00. The number of nitrogen functional groups attached to an aromatic ring is 1. The summed E-state index contributed by atoms with van der Waals surface area (Å²) in [6.45, 7) is 6.64. The lowest BCUT2D eigenvalue weighted by atomic mass is 9.96. The molecular weight excluding hydrogens is 230 g/mol. The maximum absolute atomic E-state index is 5.86. The zero-order valence-electron chi connectivity index (χ0n) is 13.1. The summed E-state index contributed by atoms with van der Waals surface area (Å²) in [7, 11) is 0. The van der Waals surface area contributed by atoms with Crippen LogP contribution < -0.4 is 5.73 Å². The van der Waals surface area contributed by atoms with Crippen molar-refractivity contribution in [1.29, 1.82) is 0 Å². The van der Waals surface area contributed by atoms with Crippen LogP contribution in [-0.4, -0.2) is 0 Å². The van der Waals surface area contributed by atoms with Crippen molar-refractivity contribution in [2.75, 3.05) is 5.73 Å². The van der Waals surface area contributed by atoms with Crippen molar-refractivity contribution in [3.63, 3.8) is 0 Å². The first-order valence-electron chi connectivity index (χ1n) is 8.00. The van der Waals surface area contributed by atoms with Crippen molar-refractivity contribution in [2.24, 2.45) is 0 Å². The van der Waals surface area contributed by atoms with Crippen LogP contribution in [0.2, 0.25) is 0 Å². The Bertz CT molecular complexity index is 345. The van der Waals surface area contributed by atoms with Gasteiger partial charge in [-0.25, -0.2) is 0 Å². The molecule has 0 aliphatic rings. The van der Waals surface area contributed by atoms with Gasteiger partial charge in [-0.1, -0.05) is 51.9 Å². The van der Waals surface area contributed by atoms with Gasteiger partial charge in [-0.05, 0) is 55.5 Å². The van der Waals surface area contributed by atoms with Gasteiger partial charge in [0.2, 0.25) is 0 Å². The summed E-state index contributed by atoms with van der Waals surface area (Å²) < 4.78 is 0. The summed E-state index contributed by atoms with van der Waals surface area (Å²) in [4.78, 5) is 0. The fourth-order valence-corrected chi connectivity index (χ4v) is 2.86. The number of hydrogen-bond donors (Lipinski definition) is 1. The first-order valence-corrected chi connectivity index (χ1v) is 8.00. The number of unbranched alkanes of at least 4 members (excludes halogenated alkanes) is 7. The molecule has 1 rings (SSSR count). The fraction of sp³-hybridized carbons (Fsp3) is 0.667. The van der Waals surface area contributed by atoms with E-state index < -0.39 is 0 Å². The molecule has 1 heteroatoms. The quantitative estimate of drug-likeness (QED) is 0.456. The van der Waals surface area contributed by atoms with Gasteiger partial charge < -0.3 is 5.73 Å². The summed E-state index contributed by atoms with van der Waals surface area (Å²) in [5, 5.41) is 0. The van der Waals surface area contributed by atoms with Crippen LogP contribution in [0.5, 0.6) is 0 Å². The predicted octanol–water partition coefficient (Wildman–Crippen LogP) is 5.57. The van der Waals surface area contributed by atoms with E-state index >= 15 is 0 Å². The second kappa shape index (κ2) is 9.01. The van der Waals surface area contributed by atoms with Crippen LogP contribution in [0.25, 0.3) is 0 Å². The minimum Gasteiger partial charge on any atom is -0.399 e. The largest absolute Gasteiger partial charge is 0.399 e. The van der Waals surface area contributed by atoms with E-state index in [-0.39, 0.29) is 0 Å². The highest BCUT2D eigenvalue weighted by Crippen LogP contribution is 2.20. The van der Waals surface area contributed by atoms with Gasteiger partial charge in [-0.2, -0.15) is 0 Å². The lowest BCUT2D eigenvalue weighted by molar-refractivity contribution is 0.575. The molecule has 108 valence electrons. The molecule has 0 aromatic heterocycles. The summed E-state index contributed by atoms with van der Waals surface area (Å²) in [5.74, 6) is 0. The van der Waals surface area contributed by atoms with Gasteiger partial charge in [0, 0.05) is 5.69 Å². The van der Waals surface area contributed by atoms with E-state index in [9.17, 15) is 0 Å². The van der Waals surface area contributed by atoms with Crippen molar-refractivity contribution in [1.82, 2.24) is 0 Å². The highest BCUT2D eigenvalue weighted by molar-refractivity contribution is 5.48. The van der Waals surface area contributed by atoms with Gasteiger partial charge >= 0.3 is 0 Å². The van der Waals surface area contributed by atoms with Gasteiger partial charge in [0.25, 0.3) is 0 Å². The summed E-state index contributed by atoms with van der Waals surface area (Å²) in [6.07, 6.45) is 12.3. The molecule has 1 nitrogen and oxygen atoms in total. The normalized spacial score (nSPS) is 10.9. The summed E-state index contributed by atoms with van der Waals surface area (Å²) >= 11 is 0. The molecule has 2 N–H and O–H groups in total. The van der Waals surface area contributed by atoms with Crippen molar-refractivity contribution in [2.45, 2.75) is 78.6 Å². The molecule has 0 atom stereocenters. The molecule has 19 heavy (non-hydrogen) atoms. The predicted molar refractivity (Wildman–Crippen MR) is 86.6 cm³/mol. The van der Waals surface area contributed by atoms with Crippen LogP contribution in [0.4, 0.5) is 5.69 Å². The van der Waals surface area contributed by atoms with Crippen LogP contribution >= 0.6 is 0 Å². The second-order valence-electron chi connectivity index (χ2n) is 5.86. The summed E-state index contributed by atoms with van der Waals surface area (Å²) in [6, 6.07) is 4.21. The number of benzene rings is 1. The van der Waals surface area contributed by atoms with Gasteiger partial charge in [-0.15, -0.1) is 0 Å².